The Morgan fingerprint density at radius 2 is 1.23 bits per heavy atom. The third-order valence-electron chi connectivity index (χ3n) is 4.13. The maximum absolute atomic E-state index is 11.4. The zero-order valence-corrected chi connectivity index (χ0v) is 20.0. The monoisotopic (exact) mass is 435 g/mol. The van der Waals surface area contributed by atoms with Gasteiger partial charge in [0.25, 0.3) is 0 Å². The van der Waals surface area contributed by atoms with Gasteiger partial charge in [-0.25, -0.2) is 4.79 Å². The van der Waals surface area contributed by atoms with Crippen LogP contribution in [0, 0.1) is 0 Å². The summed E-state index contributed by atoms with van der Waals surface area (Å²) < 4.78 is 5.05. The standard InChI is InChI=1S/C26H41NO2.ClH/c1-4-5-6-7-8-9-10-11-12-13-14-15-16-17-18-19-20-21-22-23-26(28)29-25-24-27(2)3;/h12-23H,4-11,24-25H2,1-3H3;1H. The molecule has 30 heavy (non-hydrogen) atoms. The molecule has 0 bridgehead atoms. The number of carbonyl (C=O) groups is 1. The number of unbranched alkanes of at least 4 members (excludes halogenated alkanes) is 7. The summed E-state index contributed by atoms with van der Waals surface area (Å²) in [5, 5.41) is 0. The van der Waals surface area contributed by atoms with Gasteiger partial charge >= 0.3 is 5.97 Å². The number of carbonyl (C=O) groups excluding carboxylic acids is 1. The molecule has 170 valence electrons. The maximum atomic E-state index is 11.4. The lowest BCUT2D eigenvalue weighted by molar-refractivity contribution is -0.138. The third kappa shape index (κ3) is 26.2. The van der Waals surface area contributed by atoms with Crippen LogP contribution in [-0.2, 0) is 9.53 Å². The average Bonchev–Trinajstić information content (AvgIpc) is 2.69. The number of esters is 1. The molecule has 0 aliphatic rings. The van der Waals surface area contributed by atoms with Crippen LogP contribution in [0.5, 0.6) is 0 Å². The first kappa shape index (κ1) is 30.4. The summed E-state index contributed by atoms with van der Waals surface area (Å²) in [6, 6.07) is 0. The van der Waals surface area contributed by atoms with E-state index in [1.165, 1.54) is 57.4 Å². The second-order valence-electron chi connectivity index (χ2n) is 7.21. The van der Waals surface area contributed by atoms with Crippen LogP contribution in [0.1, 0.15) is 58.3 Å². The molecular formula is C26H42ClNO2. The fourth-order valence-corrected chi connectivity index (χ4v) is 2.42. The highest BCUT2D eigenvalue weighted by molar-refractivity contribution is 5.85. The highest BCUT2D eigenvalue weighted by Gasteiger charge is 1.95. The lowest BCUT2D eigenvalue weighted by Crippen LogP contribution is -2.19. The number of halogens is 1. The molecule has 0 saturated carbocycles. The van der Waals surface area contributed by atoms with E-state index in [9.17, 15) is 4.79 Å². The third-order valence-corrected chi connectivity index (χ3v) is 4.13. The van der Waals surface area contributed by atoms with Crippen molar-refractivity contribution in [1.29, 1.82) is 0 Å². The number of rotatable bonds is 17. The van der Waals surface area contributed by atoms with Crippen LogP contribution in [-0.4, -0.2) is 38.1 Å². The minimum absolute atomic E-state index is 0. The molecule has 0 amide bonds. The molecule has 0 unspecified atom stereocenters. The van der Waals surface area contributed by atoms with E-state index in [1.807, 2.05) is 55.5 Å². The van der Waals surface area contributed by atoms with E-state index < -0.39 is 0 Å². The molecule has 0 aromatic heterocycles. The van der Waals surface area contributed by atoms with Gasteiger partial charge in [-0.1, -0.05) is 112 Å². The summed E-state index contributed by atoms with van der Waals surface area (Å²) in [4.78, 5) is 13.4. The van der Waals surface area contributed by atoms with Crippen LogP contribution >= 0.6 is 12.4 Å². The van der Waals surface area contributed by atoms with Crippen molar-refractivity contribution in [3.05, 3.63) is 72.9 Å². The van der Waals surface area contributed by atoms with Crippen LogP contribution in [0.25, 0.3) is 0 Å². The van der Waals surface area contributed by atoms with Crippen LogP contribution < -0.4 is 0 Å². The molecule has 0 aliphatic heterocycles. The maximum Gasteiger partial charge on any atom is 0.330 e. The fourth-order valence-electron chi connectivity index (χ4n) is 2.42. The van der Waals surface area contributed by atoms with Crippen molar-refractivity contribution in [1.82, 2.24) is 4.90 Å². The molecule has 0 radical (unpaired) electrons. The van der Waals surface area contributed by atoms with Crippen molar-refractivity contribution in [2.75, 3.05) is 27.2 Å². The number of ether oxygens (including phenoxy) is 1. The lowest BCUT2D eigenvalue weighted by atomic mass is 10.1. The van der Waals surface area contributed by atoms with E-state index in [0.29, 0.717) is 6.61 Å². The highest BCUT2D eigenvalue weighted by Crippen LogP contribution is 2.08. The van der Waals surface area contributed by atoms with Gasteiger partial charge in [-0.05, 0) is 26.9 Å². The Labute approximate surface area is 191 Å². The number of allylic oxidation sites excluding steroid dienone is 11. The summed E-state index contributed by atoms with van der Waals surface area (Å²) in [7, 11) is 3.88. The number of likely N-dealkylation sites (N-methyl/N-ethyl adjacent to an activating group) is 1. The van der Waals surface area contributed by atoms with E-state index in [0.717, 1.165) is 6.54 Å². The molecule has 0 aromatic carbocycles. The molecule has 0 fully saturated rings. The van der Waals surface area contributed by atoms with Crippen molar-refractivity contribution < 1.29 is 9.53 Å². The molecule has 0 N–H and O–H groups in total. The SMILES string of the molecule is CCCCCCCCCC=CC=CC=CC=CC=CC=CC(=O)OCCN(C)C.Cl. The van der Waals surface area contributed by atoms with Crippen molar-refractivity contribution in [2.45, 2.75) is 58.3 Å². The minimum atomic E-state index is -0.314. The summed E-state index contributed by atoms with van der Waals surface area (Å²) >= 11 is 0. The Bertz CT molecular complexity index is 557. The fraction of sp³-hybridized carbons (Fsp3) is 0.500. The Morgan fingerprint density at radius 3 is 1.80 bits per heavy atom. The smallest absolute Gasteiger partial charge is 0.330 e. The lowest BCUT2D eigenvalue weighted by Gasteiger charge is -2.08. The Kier molecular flexibility index (Phi) is 25.5. The molecule has 0 saturated heterocycles. The first-order valence-electron chi connectivity index (χ1n) is 11.0. The zero-order chi connectivity index (χ0) is 21.4. The van der Waals surface area contributed by atoms with Crippen LogP contribution in [0.3, 0.4) is 0 Å². The Hall–Kier alpha value is -1.84. The van der Waals surface area contributed by atoms with Crippen LogP contribution in [0.15, 0.2) is 72.9 Å². The van der Waals surface area contributed by atoms with Crippen molar-refractivity contribution >= 4 is 18.4 Å². The topological polar surface area (TPSA) is 29.5 Å². The van der Waals surface area contributed by atoms with Gasteiger partial charge in [-0.15, -0.1) is 12.4 Å². The van der Waals surface area contributed by atoms with Gasteiger partial charge < -0.3 is 9.64 Å². The van der Waals surface area contributed by atoms with Crippen LogP contribution in [0.4, 0.5) is 0 Å². The van der Waals surface area contributed by atoms with E-state index >= 15 is 0 Å². The number of hydrogen-bond acceptors (Lipinski definition) is 3. The Morgan fingerprint density at radius 1 is 0.733 bits per heavy atom. The molecule has 0 atom stereocenters. The molecule has 0 aliphatic carbocycles. The first-order chi connectivity index (χ1) is 14.2. The van der Waals surface area contributed by atoms with Gasteiger partial charge in [0.1, 0.15) is 6.61 Å². The zero-order valence-electron chi connectivity index (χ0n) is 19.2. The molecular weight excluding hydrogens is 394 g/mol. The Balaban J connectivity index is 0. The number of hydrogen-bond donors (Lipinski definition) is 0. The summed E-state index contributed by atoms with van der Waals surface area (Å²) in [6.07, 6.45) is 33.8. The van der Waals surface area contributed by atoms with Gasteiger partial charge in [0.2, 0.25) is 0 Å². The second-order valence-corrected chi connectivity index (χ2v) is 7.21. The van der Waals surface area contributed by atoms with Crippen molar-refractivity contribution in [3.8, 4) is 0 Å². The van der Waals surface area contributed by atoms with Gasteiger partial charge in [-0.2, -0.15) is 0 Å². The number of nitrogens with zero attached hydrogens (tertiary/aromatic N) is 1. The highest BCUT2D eigenvalue weighted by atomic mass is 35.5. The summed E-state index contributed by atoms with van der Waals surface area (Å²) in [6.45, 7) is 3.40. The van der Waals surface area contributed by atoms with Crippen LogP contribution in [0.2, 0.25) is 0 Å². The average molecular weight is 436 g/mol. The van der Waals surface area contributed by atoms with E-state index in [1.54, 1.807) is 12.2 Å². The van der Waals surface area contributed by atoms with Crippen molar-refractivity contribution in [2.24, 2.45) is 0 Å². The molecule has 0 rings (SSSR count). The second kappa shape index (κ2) is 25.2. The van der Waals surface area contributed by atoms with E-state index in [2.05, 4.69) is 25.2 Å². The van der Waals surface area contributed by atoms with Crippen molar-refractivity contribution in [3.63, 3.8) is 0 Å². The summed E-state index contributed by atoms with van der Waals surface area (Å²) in [5.41, 5.74) is 0. The quantitative estimate of drug-likeness (QED) is 0.107. The van der Waals surface area contributed by atoms with E-state index in [4.69, 9.17) is 4.74 Å². The predicted molar refractivity (Wildman–Crippen MR) is 134 cm³/mol. The molecule has 0 heterocycles. The minimum Gasteiger partial charge on any atom is -0.461 e. The molecule has 0 aromatic rings. The van der Waals surface area contributed by atoms with Gasteiger partial charge in [0.15, 0.2) is 0 Å². The van der Waals surface area contributed by atoms with Gasteiger partial charge in [0, 0.05) is 12.6 Å². The molecule has 0 spiro atoms. The van der Waals surface area contributed by atoms with Gasteiger partial charge in [0.05, 0.1) is 0 Å². The predicted octanol–water partition coefficient (Wildman–Crippen LogP) is 6.99. The van der Waals surface area contributed by atoms with E-state index in [-0.39, 0.29) is 18.4 Å². The molecule has 4 heteroatoms. The molecule has 3 nitrogen and oxygen atoms in total. The summed E-state index contributed by atoms with van der Waals surface area (Å²) in [5.74, 6) is -0.314. The first-order valence-corrected chi connectivity index (χ1v) is 11.0. The largest absolute Gasteiger partial charge is 0.461 e. The normalized spacial score (nSPS) is 12.5. The van der Waals surface area contributed by atoms with Gasteiger partial charge in [-0.3, -0.25) is 0 Å².